The average Bonchev–Trinajstić information content (AvgIpc) is 3.42. The summed E-state index contributed by atoms with van der Waals surface area (Å²) in [4.78, 5) is 30.7. The number of hydrogen-bond acceptors (Lipinski definition) is 7. The van der Waals surface area contributed by atoms with Crippen molar-refractivity contribution in [3.8, 4) is 0 Å². The zero-order valence-corrected chi connectivity index (χ0v) is 19.1. The quantitative estimate of drug-likeness (QED) is 0.431. The molecule has 0 saturated carbocycles. The number of furan rings is 1. The van der Waals surface area contributed by atoms with Gasteiger partial charge in [0.1, 0.15) is 10.1 Å². The van der Waals surface area contributed by atoms with Crippen LogP contribution in [0.2, 0.25) is 0 Å². The first kappa shape index (κ1) is 21.0. The van der Waals surface area contributed by atoms with E-state index in [9.17, 15) is 9.59 Å². The summed E-state index contributed by atoms with van der Waals surface area (Å²) in [6, 6.07) is 11.4. The van der Waals surface area contributed by atoms with Gasteiger partial charge in [0.2, 0.25) is 0 Å². The highest BCUT2D eigenvalue weighted by Gasteiger charge is 2.33. The SMILES string of the molecule is Cn1c(=O)c(C=C2SC(=S)N(Cc3ccco3)C2=O)c(N2CCOCC2)c2ccccc21. The van der Waals surface area contributed by atoms with Gasteiger partial charge in [-0.15, -0.1) is 0 Å². The van der Waals surface area contributed by atoms with Crippen LogP contribution in [0.15, 0.2) is 56.8 Å². The summed E-state index contributed by atoms with van der Waals surface area (Å²) in [5.41, 5.74) is 2.03. The summed E-state index contributed by atoms with van der Waals surface area (Å²) in [5, 5.41) is 0.966. The number of aryl methyl sites for hydroxylation is 1. The van der Waals surface area contributed by atoms with Gasteiger partial charge in [0, 0.05) is 25.5 Å². The van der Waals surface area contributed by atoms with E-state index in [1.165, 1.54) is 16.7 Å². The van der Waals surface area contributed by atoms with Crippen LogP contribution in [-0.4, -0.2) is 46.0 Å². The number of amides is 1. The van der Waals surface area contributed by atoms with Crippen molar-refractivity contribution < 1.29 is 13.9 Å². The van der Waals surface area contributed by atoms with Gasteiger partial charge in [-0.1, -0.05) is 42.2 Å². The summed E-state index contributed by atoms with van der Waals surface area (Å²) in [7, 11) is 1.76. The third-order valence-electron chi connectivity index (χ3n) is 5.68. The molecule has 0 aliphatic carbocycles. The van der Waals surface area contributed by atoms with Gasteiger partial charge in [-0.25, -0.2) is 0 Å². The van der Waals surface area contributed by atoms with E-state index < -0.39 is 0 Å². The number of para-hydroxylation sites is 1. The van der Waals surface area contributed by atoms with Crippen molar-refractivity contribution in [3.05, 3.63) is 69.2 Å². The minimum atomic E-state index is -0.223. The fourth-order valence-electron chi connectivity index (χ4n) is 4.09. The van der Waals surface area contributed by atoms with Crippen LogP contribution in [0.25, 0.3) is 17.0 Å². The molecule has 1 amide bonds. The molecule has 2 saturated heterocycles. The number of anilines is 1. The van der Waals surface area contributed by atoms with Crippen LogP contribution in [0.3, 0.4) is 0 Å². The molecule has 4 heterocycles. The topological polar surface area (TPSA) is 67.9 Å². The average molecular weight is 468 g/mol. The molecule has 0 N–H and O–H groups in total. The van der Waals surface area contributed by atoms with E-state index in [-0.39, 0.29) is 18.0 Å². The summed E-state index contributed by atoms with van der Waals surface area (Å²) in [6.07, 6.45) is 3.26. The lowest BCUT2D eigenvalue weighted by atomic mass is 10.1. The first-order valence-corrected chi connectivity index (χ1v) is 11.5. The molecule has 3 aromatic rings. The van der Waals surface area contributed by atoms with Gasteiger partial charge in [-0.2, -0.15) is 0 Å². The van der Waals surface area contributed by atoms with Crippen LogP contribution in [0.4, 0.5) is 5.69 Å². The molecule has 0 spiro atoms. The molecule has 164 valence electrons. The van der Waals surface area contributed by atoms with Crippen LogP contribution in [0.1, 0.15) is 11.3 Å². The molecule has 5 rings (SSSR count). The fraction of sp³-hybridized carbons (Fsp3) is 0.261. The third-order valence-corrected chi connectivity index (χ3v) is 7.06. The zero-order valence-electron chi connectivity index (χ0n) is 17.4. The number of rotatable bonds is 4. The second kappa shape index (κ2) is 8.57. The highest BCUT2D eigenvalue weighted by atomic mass is 32.2. The van der Waals surface area contributed by atoms with Crippen molar-refractivity contribution in [1.82, 2.24) is 9.47 Å². The molecule has 0 bridgehead atoms. The molecule has 9 heteroatoms. The maximum Gasteiger partial charge on any atom is 0.266 e. The van der Waals surface area contributed by atoms with E-state index >= 15 is 0 Å². The molecule has 2 aliphatic rings. The lowest BCUT2D eigenvalue weighted by Crippen LogP contribution is -2.38. The second-order valence-corrected chi connectivity index (χ2v) is 9.27. The number of carbonyl (C=O) groups excluding carboxylic acids is 1. The first-order valence-electron chi connectivity index (χ1n) is 10.3. The minimum Gasteiger partial charge on any atom is -0.467 e. The van der Waals surface area contributed by atoms with Crippen molar-refractivity contribution in [1.29, 1.82) is 0 Å². The molecule has 0 unspecified atom stereocenters. The smallest absolute Gasteiger partial charge is 0.266 e. The summed E-state index contributed by atoms with van der Waals surface area (Å²) >= 11 is 6.66. The van der Waals surface area contributed by atoms with Crippen LogP contribution < -0.4 is 10.5 Å². The number of pyridine rings is 1. The molecule has 2 aliphatic heterocycles. The van der Waals surface area contributed by atoms with Crippen molar-refractivity contribution in [2.24, 2.45) is 7.05 Å². The number of nitrogens with zero attached hydrogens (tertiary/aromatic N) is 3. The summed E-state index contributed by atoms with van der Waals surface area (Å²) in [6.45, 7) is 2.80. The van der Waals surface area contributed by atoms with Gasteiger partial charge < -0.3 is 18.6 Å². The maximum absolute atomic E-state index is 13.4. The number of carbonyl (C=O) groups is 1. The normalized spacial score (nSPS) is 18.3. The molecule has 0 radical (unpaired) electrons. The van der Waals surface area contributed by atoms with Crippen molar-refractivity contribution in [3.63, 3.8) is 0 Å². The maximum atomic E-state index is 13.4. The van der Waals surface area contributed by atoms with Crippen molar-refractivity contribution in [2.75, 3.05) is 31.2 Å². The van der Waals surface area contributed by atoms with E-state index in [0.717, 1.165) is 16.6 Å². The Labute approximate surface area is 194 Å². The number of thiocarbonyl (C=S) groups is 1. The van der Waals surface area contributed by atoms with E-state index in [0.29, 0.717) is 46.9 Å². The minimum absolute atomic E-state index is 0.151. The Bertz CT molecular complexity index is 1290. The molecule has 2 aromatic heterocycles. The monoisotopic (exact) mass is 467 g/mol. The molecular formula is C23H21N3O4S2. The number of benzene rings is 1. The van der Waals surface area contributed by atoms with Gasteiger partial charge in [0.25, 0.3) is 11.5 Å². The van der Waals surface area contributed by atoms with E-state index in [1.54, 1.807) is 36.1 Å². The predicted molar refractivity (Wildman–Crippen MR) is 130 cm³/mol. The molecule has 1 aromatic carbocycles. The van der Waals surface area contributed by atoms with Gasteiger partial charge in [0.05, 0.1) is 47.7 Å². The molecule has 2 fully saturated rings. The van der Waals surface area contributed by atoms with Gasteiger partial charge in [-0.05, 0) is 24.3 Å². The number of fused-ring (bicyclic) bond motifs is 1. The molecule has 7 nitrogen and oxygen atoms in total. The predicted octanol–water partition coefficient (Wildman–Crippen LogP) is 3.37. The highest BCUT2D eigenvalue weighted by Crippen LogP contribution is 2.36. The van der Waals surface area contributed by atoms with E-state index in [1.807, 2.05) is 24.3 Å². The summed E-state index contributed by atoms with van der Waals surface area (Å²) < 4.78 is 13.0. The summed E-state index contributed by atoms with van der Waals surface area (Å²) in [5.74, 6) is 0.428. The van der Waals surface area contributed by atoms with Crippen LogP contribution in [0.5, 0.6) is 0 Å². The number of morpholine rings is 1. The zero-order chi connectivity index (χ0) is 22.2. The van der Waals surface area contributed by atoms with Gasteiger partial charge in [0.15, 0.2) is 0 Å². The Morgan fingerprint density at radius 1 is 1.12 bits per heavy atom. The van der Waals surface area contributed by atoms with E-state index in [2.05, 4.69) is 4.90 Å². The second-order valence-electron chi connectivity index (χ2n) is 7.59. The largest absolute Gasteiger partial charge is 0.467 e. The first-order chi connectivity index (χ1) is 15.5. The van der Waals surface area contributed by atoms with Crippen LogP contribution >= 0.6 is 24.0 Å². The van der Waals surface area contributed by atoms with Gasteiger partial charge in [-0.3, -0.25) is 14.5 Å². The number of hydrogen-bond donors (Lipinski definition) is 0. The Balaban J connectivity index is 1.63. The number of aromatic nitrogens is 1. The van der Waals surface area contributed by atoms with Crippen molar-refractivity contribution in [2.45, 2.75) is 6.54 Å². The van der Waals surface area contributed by atoms with Crippen molar-refractivity contribution >= 4 is 56.9 Å². The Morgan fingerprint density at radius 2 is 1.91 bits per heavy atom. The lowest BCUT2D eigenvalue weighted by molar-refractivity contribution is -0.122. The molecule has 32 heavy (non-hydrogen) atoms. The van der Waals surface area contributed by atoms with E-state index in [4.69, 9.17) is 21.4 Å². The fourth-order valence-corrected chi connectivity index (χ4v) is 5.32. The number of ether oxygens (including phenoxy) is 1. The lowest BCUT2D eigenvalue weighted by Gasteiger charge is -2.31. The highest BCUT2D eigenvalue weighted by molar-refractivity contribution is 8.26. The Hall–Kier alpha value is -2.88. The van der Waals surface area contributed by atoms with Crippen LogP contribution in [-0.2, 0) is 23.1 Å². The van der Waals surface area contributed by atoms with Gasteiger partial charge >= 0.3 is 0 Å². The number of thioether (sulfide) groups is 1. The third kappa shape index (κ3) is 3.66. The van der Waals surface area contributed by atoms with Crippen LogP contribution in [0, 0.1) is 0 Å². The Kier molecular flexibility index (Phi) is 5.62. The standard InChI is InChI=1S/C23H21N3O4S2/c1-24-18-7-3-2-6-16(18)20(25-8-11-29-12-9-25)17(21(24)27)13-19-22(28)26(23(31)32-19)14-15-5-4-10-30-15/h2-7,10,13H,8-9,11-12,14H2,1H3. The Morgan fingerprint density at radius 3 is 2.66 bits per heavy atom. The molecule has 0 atom stereocenters. The molecular weight excluding hydrogens is 446 g/mol.